The zero-order valence-corrected chi connectivity index (χ0v) is 10.7. The molecule has 0 aromatic heterocycles. The first kappa shape index (κ1) is 13.1. The van der Waals surface area contributed by atoms with Crippen LogP contribution < -0.4 is 5.73 Å². The smallest absolute Gasteiger partial charge is 0.0773 e. The predicted molar refractivity (Wildman–Crippen MR) is 75.8 cm³/mol. The van der Waals surface area contributed by atoms with Crippen molar-refractivity contribution in [3.05, 3.63) is 59.7 Å². The zero-order valence-electron chi connectivity index (χ0n) is 9.91. The van der Waals surface area contributed by atoms with Gasteiger partial charge >= 0.3 is 0 Å². The molecule has 0 saturated carbocycles. The van der Waals surface area contributed by atoms with Gasteiger partial charge in [-0.1, -0.05) is 48.5 Å². The minimum atomic E-state index is -0.514. The van der Waals surface area contributed by atoms with E-state index < -0.39 is 6.10 Å². The molecule has 94 valence electrons. The van der Waals surface area contributed by atoms with E-state index in [1.54, 1.807) is 0 Å². The second kappa shape index (κ2) is 5.11. The highest BCUT2D eigenvalue weighted by molar-refractivity contribution is 5.85. The van der Waals surface area contributed by atoms with Gasteiger partial charge in [-0.2, -0.15) is 0 Å². The van der Waals surface area contributed by atoms with Gasteiger partial charge in [-0.15, -0.1) is 12.4 Å². The van der Waals surface area contributed by atoms with Crippen LogP contribution in [0.4, 0.5) is 0 Å². The number of nitrogens with two attached hydrogens (primary N) is 1. The summed E-state index contributed by atoms with van der Waals surface area (Å²) >= 11 is 0. The van der Waals surface area contributed by atoms with Crippen molar-refractivity contribution in [2.45, 2.75) is 18.6 Å². The van der Waals surface area contributed by atoms with E-state index in [2.05, 4.69) is 18.2 Å². The fraction of sp³-hybridized carbons (Fsp3) is 0.200. The fourth-order valence-corrected chi connectivity index (χ4v) is 2.55. The van der Waals surface area contributed by atoms with Gasteiger partial charge < -0.3 is 10.8 Å². The van der Waals surface area contributed by atoms with Crippen LogP contribution in [0.3, 0.4) is 0 Å². The lowest BCUT2D eigenvalue weighted by Gasteiger charge is -2.17. The summed E-state index contributed by atoms with van der Waals surface area (Å²) in [5, 5.41) is 10.1. The molecule has 2 atom stereocenters. The van der Waals surface area contributed by atoms with E-state index in [9.17, 15) is 5.11 Å². The third kappa shape index (κ3) is 2.03. The molecule has 0 spiro atoms. The van der Waals surface area contributed by atoms with Crippen LogP contribution in [-0.4, -0.2) is 11.2 Å². The van der Waals surface area contributed by atoms with Gasteiger partial charge in [0.1, 0.15) is 0 Å². The Morgan fingerprint density at radius 3 is 2.33 bits per heavy atom. The Balaban J connectivity index is 0.00000120. The second-order valence-electron chi connectivity index (χ2n) is 4.54. The second-order valence-corrected chi connectivity index (χ2v) is 4.54. The van der Waals surface area contributed by atoms with E-state index >= 15 is 0 Å². The van der Waals surface area contributed by atoms with Gasteiger partial charge in [-0.25, -0.2) is 0 Å². The molecule has 0 bridgehead atoms. The standard InChI is InChI=1S/C15H15NO.ClH/c16-15-13-8-4-3-7-12(13)11-6-2-1-5-10(11)9-14(15)17;/h1-8,14-15,17H,9,16H2;1H. The molecule has 3 rings (SSSR count). The lowest BCUT2D eigenvalue weighted by Crippen LogP contribution is -2.27. The summed E-state index contributed by atoms with van der Waals surface area (Å²) in [7, 11) is 0. The van der Waals surface area contributed by atoms with Crippen molar-refractivity contribution in [2.24, 2.45) is 5.73 Å². The molecule has 18 heavy (non-hydrogen) atoms. The minimum absolute atomic E-state index is 0. The molecule has 0 aliphatic heterocycles. The van der Waals surface area contributed by atoms with E-state index in [0.29, 0.717) is 6.42 Å². The van der Waals surface area contributed by atoms with Gasteiger partial charge in [-0.05, 0) is 22.3 Å². The van der Waals surface area contributed by atoms with Crippen LogP contribution in [-0.2, 0) is 6.42 Å². The van der Waals surface area contributed by atoms with Gasteiger partial charge in [0.2, 0.25) is 0 Å². The van der Waals surface area contributed by atoms with E-state index in [0.717, 1.165) is 11.1 Å². The summed E-state index contributed by atoms with van der Waals surface area (Å²) in [4.78, 5) is 0. The average Bonchev–Trinajstić information content (AvgIpc) is 2.48. The normalized spacial score (nSPS) is 21.2. The number of fused-ring (bicyclic) bond motifs is 3. The van der Waals surface area contributed by atoms with E-state index in [1.807, 2.05) is 30.3 Å². The molecular formula is C15H16ClNO. The fourth-order valence-electron chi connectivity index (χ4n) is 2.55. The number of halogens is 1. The molecule has 1 aliphatic carbocycles. The molecule has 2 unspecified atom stereocenters. The van der Waals surface area contributed by atoms with Gasteiger partial charge in [0.15, 0.2) is 0 Å². The maximum Gasteiger partial charge on any atom is 0.0773 e. The van der Waals surface area contributed by atoms with Crippen LogP contribution in [0, 0.1) is 0 Å². The lowest BCUT2D eigenvalue weighted by atomic mass is 9.95. The molecule has 2 nitrogen and oxygen atoms in total. The van der Waals surface area contributed by atoms with Gasteiger partial charge in [-0.3, -0.25) is 0 Å². The van der Waals surface area contributed by atoms with Crippen molar-refractivity contribution < 1.29 is 5.11 Å². The topological polar surface area (TPSA) is 46.2 Å². The van der Waals surface area contributed by atoms with E-state index in [4.69, 9.17) is 5.73 Å². The molecule has 0 heterocycles. The molecule has 0 saturated heterocycles. The highest BCUT2D eigenvalue weighted by Gasteiger charge is 2.25. The maximum absolute atomic E-state index is 10.1. The predicted octanol–water partition coefficient (Wildman–Crippen LogP) is 2.69. The molecule has 3 N–H and O–H groups in total. The largest absolute Gasteiger partial charge is 0.391 e. The van der Waals surface area contributed by atoms with Gasteiger partial charge in [0, 0.05) is 6.42 Å². The Labute approximate surface area is 113 Å². The molecule has 1 aliphatic rings. The van der Waals surface area contributed by atoms with Crippen molar-refractivity contribution >= 4 is 12.4 Å². The van der Waals surface area contributed by atoms with Crippen molar-refractivity contribution in [3.8, 4) is 11.1 Å². The molecule has 2 aromatic carbocycles. The Bertz CT molecular complexity index is 556. The summed E-state index contributed by atoms with van der Waals surface area (Å²) in [6.45, 7) is 0. The minimum Gasteiger partial charge on any atom is -0.391 e. The van der Waals surface area contributed by atoms with E-state index in [-0.39, 0.29) is 18.4 Å². The van der Waals surface area contributed by atoms with Crippen molar-refractivity contribution in [1.29, 1.82) is 0 Å². The Hall–Kier alpha value is -1.35. The first-order chi connectivity index (χ1) is 8.27. The molecule has 0 radical (unpaired) electrons. The van der Waals surface area contributed by atoms with E-state index in [1.165, 1.54) is 11.1 Å². The molecule has 3 heteroatoms. The number of rotatable bonds is 0. The number of hydrogen-bond donors (Lipinski definition) is 2. The average molecular weight is 262 g/mol. The third-order valence-electron chi connectivity index (χ3n) is 3.47. The zero-order chi connectivity index (χ0) is 11.8. The van der Waals surface area contributed by atoms with Crippen LogP contribution >= 0.6 is 12.4 Å². The van der Waals surface area contributed by atoms with Gasteiger partial charge in [0.05, 0.1) is 12.1 Å². The quantitative estimate of drug-likeness (QED) is 0.766. The Kier molecular flexibility index (Phi) is 3.71. The summed E-state index contributed by atoms with van der Waals surface area (Å²) in [5.41, 5.74) is 10.7. The highest BCUT2D eigenvalue weighted by Crippen LogP contribution is 2.35. The van der Waals surface area contributed by atoms with Crippen LogP contribution in [0.1, 0.15) is 17.2 Å². The monoisotopic (exact) mass is 261 g/mol. The maximum atomic E-state index is 10.1. The molecule has 0 amide bonds. The number of hydrogen-bond acceptors (Lipinski definition) is 2. The lowest BCUT2D eigenvalue weighted by molar-refractivity contribution is 0.146. The van der Waals surface area contributed by atoms with Crippen LogP contribution in [0.25, 0.3) is 11.1 Å². The summed E-state index contributed by atoms with van der Waals surface area (Å²) < 4.78 is 0. The number of benzene rings is 2. The molecule has 2 aromatic rings. The summed E-state index contributed by atoms with van der Waals surface area (Å²) in [6.07, 6.45) is 0.103. The Morgan fingerprint density at radius 2 is 1.56 bits per heavy atom. The van der Waals surface area contributed by atoms with Crippen molar-refractivity contribution in [1.82, 2.24) is 0 Å². The first-order valence-corrected chi connectivity index (χ1v) is 5.88. The number of aliphatic hydroxyl groups is 1. The van der Waals surface area contributed by atoms with Crippen molar-refractivity contribution in [2.75, 3.05) is 0 Å². The molecule has 0 fully saturated rings. The van der Waals surface area contributed by atoms with Crippen molar-refractivity contribution in [3.63, 3.8) is 0 Å². The van der Waals surface area contributed by atoms with Gasteiger partial charge in [0.25, 0.3) is 0 Å². The van der Waals surface area contributed by atoms with Crippen LogP contribution in [0.5, 0.6) is 0 Å². The van der Waals surface area contributed by atoms with Crippen LogP contribution in [0.2, 0.25) is 0 Å². The first-order valence-electron chi connectivity index (χ1n) is 5.88. The summed E-state index contributed by atoms with van der Waals surface area (Å²) in [5.74, 6) is 0. The Morgan fingerprint density at radius 1 is 0.944 bits per heavy atom. The van der Waals surface area contributed by atoms with Crippen LogP contribution in [0.15, 0.2) is 48.5 Å². The number of aliphatic hydroxyl groups excluding tert-OH is 1. The SMILES string of the molecule is Cl.NC1c2ccccc2-c2ccccc2CC1O. The highest BCUT2D eigenvalue weighted by atomic mass is 35.5. The molecular weight excluding hydrogens is 246 g/mol. The summed E-state index contributed by atoms with van der Waals surface area (Å²) in [6, 6.07) is 16.0. The third-order valence-corrected chi connectivity index (χ3v) is 3.47.